The van der Waals surface area contributed by atoms with Gasteiger partial charge in [0.15, 0.2) is 0 Å². The van der Waals surface area contributed by atoms with E-state index in [0.29, 0.717) is 19.3 Å². The standard InChI is InChI=1S/C12H19F3N2OS/c1-7(6-10(16)19)17-11(18)8-4-2-3-5-9(8)12(13,14)15/h7-9H,2-6H2,1H3,(H2,16,19)(H,17,18). The van der Waals surface area contributed by atoms with Gasteiger partial charge in [-0.05, 0) is 19.8 Å². The molecule has 0 aromatic carbocycles. The Morgan fingerprint density at radius 1 is 1.42 bits per heavy atom. The summed E-state index contributed by atoms with van der Waals surface area (Å²) in [6.07, 6.45) is -2.51. The fraction of sp³-hybridized carbons (Fsp3) is 0.833. The van der Waals surface area contributed by atoms with Crippen LogP contribution in [0.4, 0.5) is 13.2 Å². The predicted octanol–water partition coefficient (Wildman–Crippen LogP) is 2.54. The molecular weight excluding hydrogens is 277 g/mol. The minimum Gasteiger partial charge on any atom is -0.393 e. The first-order valence-electron chi connectivity index (χ1n) is 6.37. The lowest BCUT2D eigenvalue weighted by molar-refractivity contribution is -0.198. The van der Waals surface area contributed by atoms with Crippen LogP contribution >= 0.6 is 12.2 Å². The number of rotatable bonds is 4. The monoisotopic (exact) mass is 296 g/mol. The summed E-state index contributed by atoms with van der Waals surface area (Å²) in [5.74, 6) is -3.05. The van der Waals surface area contributed by atoms with Crippen molar-refractivity contribution >= 4 is 23.1 Å². The van der Waals surface area contributed by atoms with Gasteiger partial charge in [0.1, 0.15) is 0 Å². The molecule has 7 heteroatoms. The topological polar surface area (TPSA) is 55.1 Å². The van der Waals surface area contributed by atoms with Crippen LogP contribution in [0.25, 0.3) is 0 Å². The van der Waals surface area contributed by atoms with Crippen LogP contribution in [-0.4, -0.2) is 23.1 Å². The van der Waals surface area contributed by atoms with Crippen LogP contribution in [-0.2, 0) is 4.79 Å². The zero-order valence-corrected chi connectivity index (χ0v) is 11.6. The summed E-state index contributed by atoms with van der Waals surface area (Å²) in [5.41, 5.74) is 5.34. The van der Waals surface area contributed by atoms with Gasteiger partial charge in [-0.1, -0.05) is 25.1 Å². The summed E-state index contributed by atoms with van der Waals surface area (Å²) in [7, 11) is 0. The zero-order chi connectivity index (χ0) is 14.6. The first-order valence-corrected chi connectivity index (χ1v) is 6.78. The maximum atomic E-state index is 12.9. The summed E-state index contributed by atoms with van der Waals surface area (Å²) in [4.78, 5) is 12.2. The molecule has 19 heavy (non-hydrogen) atoms. The van der Waals surface area contributed by atoms with Crippen molar-refractivity contribution in [3.63, 3.8) is 0 Å². The van der Waals surface area contributed by atoms with Gasteiger partial charge in [0, 0.05) is 18.4 Å². The van der Waals surface area contributed by atoms with E-state index in [0.717, 1.165) is 0 Å². The van der Waals surface area contributed by atoms with Crippen LogP contribution in [0.1, 0.15) is 39.0 Å². The molecule has 3 N–H and O–H groups in total. The number of carbonyl (C=O) groups is 1. The molecule has 0 aromatic rings. The Balaban J connectivity index is 2.65. The Morgan fingerprint density at radius 3 is 2.53 bits per heavy atom. The molecule has 1 rings (SSSR count). The molecule has 1 aliphatic carbocycles. The van der Waals surface area contributed by atoms with Crippen LogP contribution in [0.3, 0.4) is 0 Å². The molecule has 3 unspecified atom stereocenters. The third-order valence-electron chi connectivity index (χ3n) is 3.42. The van der Waals surface area contributed by atoms with E-state index in [1.807, 2.05) is 0 Å². The smallest absolute Gasteiger partial charge is 0.392 e. The number of nitrogens with one attached hydrogen (secondary N) is 1. The number of halogens is 3. The highest BCUT2D eigenvalue weighted by molar-refractivity contribution is 7.80. The molecule has 3 nitrogen and oxygen atoms in total. The Bertz CT molecular complexity index is 346. The van der Waals surface area contributed by atoms with E-state index >= 15 is 0 Å². The lowest BCUT2D eigenvalue weighted by Crippen LogP contribution is -2.45. The van der Waals surface area contributed by atoms with Gasteiger partial charge in [-0.3, -0.25) is 4.79 Å². The molecule has 1 fully saturated rings. The van der Waals surface area contributed by atoms with E-state index in [2.05, 4.69) is 5.32 Å². The predicted molar refractivity (Wildman–Crippen MR) is 70.5 cm³/mol. The van der Waals surface area contributed by atoms with E-state index in [4.69, 9.17) is 18.0 Å². The molecule has 3 atom stereocenters. The molecule has 1 saturated carbocycles. The molecule has 0 saturated heterocycles. The Kier molecular flexibility index (Phi) is 5.58. The zero-order valence-electron chi connectivity index (χ0n) is 10.8. The van der Waals surface area contributed by atoms with E-state index in [1.54, 1.807) is 6.92 Å². The van der Waals surface area contributed by atoms with E-state index in [1.165, 1.54) is 0 Å². The van der Waals surface area contributed by atoms with Gasteiger partial charge in [0.25, 0.3) is 0 Å². The van der Waals surface area contributed by atoms with Crippen molar-refractivity contribution in [2.75, 3.05) is 0 Å². The first kappa shape index (κ1) is 16.2. The minimum absolute atomic E-state index is 0.0330. The second-order valence-corrected chi connectivity index (χ2v) is 5.64. The largest absolute Gasteiger partial charge is 0.393 e. The van der Waals surface area contributed by atoms with Crippen molar-refractivity contribution in [1.29, 1.82) is 0 Å². The lowest BCUT2D eigenvalue weighted by Gasteiger charge is -2.32. The SMILES string of the molecule is CC(CC(N)=S)NC(=O)C1CCCCC1C(F)(F)F. The Hall–Kier alpha value is -0.850. The maximum Gasteiger partial charge on any atom is 0.392 e. The first-order chi connectivity index (χ1) is 8.71. The third kappa shape index (κ3) is 4.97. The lowest BCUT2D eigenvalue weighted by atomic mass is 9.78. The molecule has 0 spiro atoms. The second-order valence-electron chi connectivity index (χ2n) is 5.12. The number of thiocarbonyl (C=S) groups is 1. The number of carbonyl (C=O) groups excluding carboxylic acids is 1. The van der Waals surface area contributed by atoms with Gasteiger partial charge < -0.3 is 11.1 Å². The number of hydrogen-bond acceptors (Lipinski definition) is 2. The highest BCUT2D eigenvalue weighted by Gasteiger charge is 2.48. The number of nitrogens with two attached hydrogens (primary N) is 1. The number of alkyl halides is 3. The van der Waals surface area contributed by atoms with Gasteiger partial charge in [0.2, 0.25) is 5.91 Å². The normalized spacial score (nSPS) is 25.7. The van der Waals surface area contributed by atoms with Gasteiger partial charge in [-0.25, -0.2) is 0 Å². The second kappa shape index (κ2) is 6.54. The molecular formula is C12H19F3N2OS. The van der Waals surface area contributed by atoms with E-state index in [9.17, 15) is 18.0 Å². The highest BCUT2D eigenvalue weighted by atomic mass is 32.1. The molecule has 1 amide bonds. The molecule has 0 heterocycles. The average Bonchev–Trinajstić information content (AvgIpc) is 2.26. The number of hydrogen-bond donors (Lipinski definition) is 2. The fourth-order valence-electron chi connectivity index (χ4n) is 2.54. The van der Waals surface area contributed by atoms with Crippen LogP contribution in [0.5, 0.6) is 0 Å². The summed E-state index contributed by atoms with van der Waals surface area (Å²) in [6.45, 7) is 1.68. The molecule has 0 radical (unpaired) electrons. The summed E-state index contributed by atoms with van der Waals surface area (Å²) in [5, 5.41) is 2.58. The quantitative estimate of drug-likeness (QED) is 0.784. The maximum absolute atomic E-state index is 12.9. The molecule has 0 aromatic heterocycles. The van der Waals surface area contributed by atoms with Crippen molar-refractivity contribution in [1.82, 2.24) is 5.32 Å². The fourth-order valence-corrected chi connectivity index (χ4v) is 2.79. The summed E-state index contributed by atoms with van der Waals surface area (Å²) in [6, 6.07) is -0.333. The van der Waals surface area contributed by atoms with Crippen molar-refractivity contribution in [2.24, 2.45) is 17.6 Å². The Morgan fingerprint density at radius 2 is 2.00 bits per heavy atom. The van der Waals surface area contributed by atoms with Crippen molar-refractivity contribution in [3.8, 4) is 0 Å². The van der Waals surface area contributed by atoms with Gasteiger partial charge in [0.05, 0.1) is 10.9 Å². The van der Waals surface area contributed by atoms with E-state index < -0.39 is 23.9 Å². The molecule has 0 aliphatic heterocycles. The molecule has 0 bridgehead atoms. The van der Waals surface area contributed by atoms with Crippen molar-refractivity contribution in [3.05, 3.63) is 0 Å². The van der Waals surface area contributed by atoms with Crippen LogP contribution in [0, 0.1) is 11.8 Å². The summed E-state index contributed by atoms with van der Waals surface area (Å²) >= 11 is 4.71. The van der Waals surface area contributed by atoms with Crippen molar-refractivity contribution < 1.29 is 18.0 Å². The van der Waals surface area contributed by atoms with Crippen LogP contribution in [0.2, 0.25) is 0 Å². The van der Waals surface area contributed by atoms with Gasteiger partial charge in [-0.2, -0.15) is 13.2 Å². The molecule has 110 valence electrons. The van der Waals surface area contributed by atoms with Crippen LogP contribution in [0.15, 0.2) is 0 Å². The van der Waals surface area contributed by atoms with Crippen molar-refractivity contribution in [2.45, 2.75) is 51.2 Å². The van der Waals surface area contributed by atoms with Crippen LogP contribution < -0.4 is 11.1 Å². The van der Waals surface area contributed by atoms with Gasteiger partial charge in [-0.15, -0.1) is 0 Å². The average molecular weight is 296 g/mol. The minimum atomic E-state index is -4.31. The highest BCUT2D eigenvalue weighted by Crippen LogP contribution is 2.41. The third-order valence-corrected chi connectivity index (χ3v) is 3.59. The Labute approximate surface area is 116 Å². The van der Waals surface area contributed by atoms with Gasteiger partial charge >= 0.3 is 6.18 Å². The molecule has 1 aliphatic rings. The van der Waals surface area contributed by atoms with E-state index in [-0.39, 0.29) is 23.9 Å². The number of amides is 1. The summed E-state index contributed by atoms with van der Waals surface area (Å²) < 4.78 is 38.6.